The number of aryl methyl sites for hydroxylation is 1. The normalized spacial score (nSPS) is 11.5. The minimum Gasteiger partial charge on any atom is -0.302 e. The van der Waals surface area contributed by atoms with Gasteiger partial charge in [-0.1, -0.05) is 60.0 Å². The molecule has 1 aromatic carbocycles. The van der Waals surface area contributed by atoms with E-state index in [9.17, 15) is 4.79 Å². The predicted molar refractivity (Wildman–Crippen MR) is 123 cm³/mol. The molecule has 9 heteroatoms. The van der Waals surface area contributed by atoms with Crippen LogP contribution in [0.25, 0.3) is 10.2 Å². The summed E-state index contributed by atoms with van der Waals surface area (Å²) in [5, 5.41) is 1.30. The van der Waals surface area contributed by atoms with Crippen LogP contribution in [0.4, 0.5) is 5.13 Å². The molecule has 0 spiro atoms. The van der Waals surface area contributed by atoms with Crippen molar-refractivity contribution in [2.24, 2.45) is 0 Å². The lowest BCUT2D eigenvalue weighted by Gasteiger charge is -2.24. The van der Waals surface area contributed by atoms with E-state index in [4.69, 9.17) is 39.8 Å². The summed E-state index contributed by atoms with van der Waals surface area (Å²) in [5.74, 6) is -0.192. The van der Waals surface area contributed by atoms with Crippen molar-refractivity contribution in [3.05, 3.63) is 43.0 Å². The Kier molecular flexibility index (Phi) is 7.23. The highest BCUT2D eigenvalue weighted by molar-refractivity contribution is 7.22. The molecule has 0 saturated heterocycles. The van der Waals surface area contributed by atoms with Crippen molar-refractivity contribution in [1.29, 1.82) is 0 Å². The van der Waals surface area contributed by atoms with E-state index in [1.54, 1.807) is 11.0 Å². The molecule has 0 bridgehead atoms. The molecule has 2 heterocycles. The van der Waals surface area contributed by atoms with Gasteiger partial charge >= 0.3 is 0 Å². The third-order valence-electron chi connectivity index (χ3n) is 4.54. The summed E-state index contributed by atoms with van der Waals surface area (Å²) in [6.45, 7) is 9.26. The van der Waals surface area contributed by atoms with Crippen LogP contribution in [-0.2, 0) is 0 Å². The van der Waals surface area contributed by atoms with Gasteiger partial charge in [0, 0.05) is 18.1 Å². The van der Waals surface area contributed by atoms with E-state index in [1.807, 2.05) is 19.1 Å². The first-order chi connectivity index (χ1) is 13.3. The number of aromatic nitrogens is 1. The van der Waals surface area contributed by atoms with Crippen LogP contribution in [0.3, 0.4) is 0 Å². The fourth-order valence-corrected chi connectivity index (χ4v) is 5.85. The number of fused-ring (bicyclic) bond motifs is 1. The van der Waals surface area contributed by atoms with Crippen molar-refractivity contribution >= 4 is 78.7 Å². The summed E-state index contributed by atoms with van der Waals surface area (Å²) in [6, 6.07) is 5.38. The topological polar surface area (TPSA) is 36.4 Å². The summed E-state index contributed by atoms with van der Waals surface area (Å²) in [5.41, 5.74) is 2.25. The van der Waals surface area contributed by atoms with Gasteiger partial charge in [-0.25, -0.2) is 4.98 Å². The molecule has 0 aliphatic heterocycles. The largest absolute Gasteiger partial charge is 0.302 e. The highest BCUT2D eigenvalue weighted by atomic mass is 35.5. The van der Waals surface area contributed by atoms with Gasteiger partial charge in [-0.2, -0.15) is 0 Å². The SMILES string of the molecule is CCN(CC)CCN(C(=O)c1cc(Cl)sc1Cl)c1nc2c(C)cc(Cl)cc2s1. The Balaban J connectivity index is 2.01. The van der Waals surface area contributed by atoms with Crippen molar-refractivity contribution in [2.75, 3.05) is 31.1 Å². The van der Waals surface area contributed by atoms with E-state index >= 15 is 0 Å². The average Bonchev–Trinajstić information content (AvgIpc) is 3.21. The van der Waals surface area contributed by atoms with Crippen LogP contribution in [0.15, 0.2) is 18.2 Å². The number of amides is 1. The Morgan fingerprint density at radius 1 is 1.07 bits per heavy atom. The van der Waals surface area contributed by atoms with Crippen LogP contribution in [0, 0.1) is 6.92 Å². The van der Waals surface area contributed by atoms with Gasteiger partial charge < -0.3 is 4.90 Å². The standard InChI is InChI=1S/C19H20Cl3N3OS2/c1-4-24(5-2)6-7-25(18(26)13-10-15(21)28-17(13)22)19-23-16-11(3)8-12(20)9-14(16)27-19/h8-10H,4-7H2,1-3H3. The molecule has 0 unspecified atom stereocenters. The molecule has 0 saturated carbocycles. The van der Waals surface area contributed by atoms with E-state index in [0.717, 1.165) is 35.4 Å². The van der Waals surface area contributed by atoms with Gasteiger partial charge in [0.25, 0.3) is 5.91 Å². The van der Waals surface area contributed by atoms with Crippen LogP contribution >= 0.6 is 57.5 Å². The maximum Gasteiger partial charge on any atom is 0.262 e. The van der Waals surface area contributed by atoms with Gasteiger partial charge in [-0.3, -0.25) is 9.69 Å². The quantitative estimate of drug-likeness (QED) is 0.385. The Morgan fingerprint density at radius 2 is 1.79 bits per heavy atom. The van der Waals surface area contributed by atoms with Crippen molar-refractivity contribution in [1.82, 2.24) is 9.88 Å². The molecule has 0 atom stereocenters. The zero-order chi connectivity index (χ0) is 20.4. The summed E-state index contributed by atoms with van der Waals surface area (Å²) in [4.78, 5) is 22.0. The fraction of sp³-hybridized carbons (Fsp3) is 0.368. The molecule has 0 N–H and O–H groups in total. The number of hydrogen-bond acceptors (Lipinski definition) is 5. The number of benzene rings is 1. The zero-order valence-electron chi connectivity index (χ0n) is 15.8. The molecule has 1 amide bonds. The van der Waals surface area contributed by atoms with Crippen molar-refractivity contribution < 1.29 is 4.79 Å². The molecule has 0 fully saturated rings. The molecule has 150 valence electrons. The Morgan fingerprint density at radius 3 is 2.39 bits per heavy atom. The second-order valence-electron chi connectivity index (χ2n) is 6.29. The van der Waals surface area contributed by atoms with Gasteiger partial charge in [0.15, 0.2) is 5.13 Å². The molecule has 2 aromatic heterocycles. The van der Waals surface area contributed by atoms with E-state index in [-0.39, 0.29) is 5.91 Å². The van der Waals surface area contributed by atoms with Crippen LogP contribution in [0.5, 0.6) is 0 Å². The molecule has 3 aromatic rings. The molecule has 0 aliphatic carbocycles. The number of halogens is 3. The van der Waals surface area contributed by atoms with Crippen molar-refractivity contribution in [2.45, 2.75) is 20.8 Å². The van der Waals surface area contributed by atoms with Gasteiger partial charge in [-0.15, -0.1) is 11.3 Å². The summed E-state index contributed by atoms with van der Waals surface area (Å²) < 4.78 is 1.84. The van der Waals surface area contributed by atoms with Gasteiger partial charge in [-0.05, 0) is 43.8 Å². The monoisotopic (exact) mass is 475 g/mol. The Bertz CT molecular complexity index is 998. The van der Waals surface area contributed by atoms with Crippen LogP contribution in [0.2, 0.25) is 13.7 Å². The smallest absolute Gasteiger partial charge is 0.262 e. The third kappa shape index (κ3) is 4.64. The molecule has 0 aliphatic rings. The molecular weight excluding hydrogens is 457 g/mol. The first-order valence-corrected chi connectivity index (χ1v) is 11.7. The number of anilines is 1. The number of carbonyl (C=O) groups excluding carboxylic acids is 1. The Hall–Kier alpha value is -0.890. The van der Waals surface area contributed by atoms with Crippen LogP contribution in [-0.4, -0.2) is 42.0 Å². The zero-order valence-corrected chi connectivity index (χ0v) is 19.7. The first-order valence-electron chi connectivity index (χ1n) is 8.89. The minimum atomic E-state index is -0.192. The number of thiazole rings is 1. The molecule has 4 nitrogen and oxygen atoms in total. The van der Waals surface area contributed by atoms with Crippen molar-refractivity contribution in [3.8, 4) is 0 Å². The first kappa shape index (κ1) is 21.8. The molecular formula is C19H20Cl3N3OS2. The summed E-state index contributed by atoms with van der Waals surface area (Å²) in [6.07, 6.45) is 0. The van der Waals surface area contributed by atoms with Gasteiger partial charge in [0.1, 0.15) is 4.34 Å². The van der Waals surface area contributed by atoms with E-state index in [1.165, 1.54) is 22.7 Å². The number of hydrogen-bond donors (Lipinski definition) is 0. The number of likely N-dealkylation sites (N-methyl/N-ethyl adjacent to an activating group) is 1. The van der Waals surface area contributed by atoms with Gasteiger partial charge in [0.2, 0.25) is 0 Å². The highest BCUT2D eigenvalue weighted by Crippen LogP contribution is 2.36. The second kappa shape index (κ2) is 9.28. The maximum atomic E-state index is 13.3. The highest BCUT2D eigenvalue weighted by Gasteiger charge is 2.25. The average molecular weight is 477 g/mol. The van der Waals surface area contributed by atoms with Gasteiger partial charge in [0.05, 0.1) is 20.1 Å². The summed E-state index contributed by atoms with van der Waals surface area (Å²) in [7, 11) is 0. The van der Waals surface area contributed by atoms with E-state index in [0.29, 0.717) is 30.9 Å². The maximum absolute atomic E-state index is 13.3. The molecule has 3 rings (SSSR count). The molecule has 28 heavy (non-hydrogen) atoms. The summed E-state index contributed by atoms with van der Waals surface area (Å²) >= 11 is 21.2. The van der Waals surface area contributed by atoms with E-state index < -0.39 is 0 Å². The lowest BCUT2D eigenvalue weighted by atomic mass is 10.2. The fourth-order valence-electron chi connectivity index (χ4n) is 2.95. The molecule has 0 radical (unpaired) electrons. The lowest BCUT2D eigenvalue weighted by Crippen LogP contribution is -2.38. The number of rotatable bonds is 7. The van der Waals surface area contributed by atoms with Crippen LogP contribution < -0.4 is 4.90 Å². The third-order valence-corrected chi connectivity index (χ3v) is 7.27. The predicted octanol–water partition coefficient (Wildman–Crippen LogP) is 6.62. The lowest BCUT2D eigenvalue weighted by molar-refractivity contribution is 0.0984. The van der Waals surface area contributed by atoms with Crippen LogP contribution in [0.1, 0.15) is 29.8 Å². The number of thiophene rings is 1. The van der Waals surface area contributed by atoms with Crippen molar-refractivity contribution in [3.63, 3.8) is 0 Å². The van der Waals surface area contributed by atoms with E-state index in [2.05, 4.69) is 18.7 Å². The number of nitrogens with zero attached hydrogens (tertiary/aromatic N) is 3. The number of carbonyl (C=O) groups is 1. The minimum absolute atomic E-state index is 0.192. The Labute approximate surface area is 187 Å². The second-order valence-corrected chi connectivity index (χ2v) is 10.0.